The first-order chi connectivity index (χ1) is 4.18. The van der Waals surface area contributed by atoms with Crippen LogP contribution in [0.2, 0.25) is 0 Å². The molecule has 3 heteroatoms. The van der Waals surface area contributed by atoms with Crippen LogP contribution in [0.4, 0.5) is 0 Å². The lowest BCUT2D eigenvalue weighted by molar-refractivity contribution is -0.114. The van der Waals surface area contributed by atoms with Crippen molar-refractivity contribution in [2.75, 3.05) is 0 Å². The van der Waals surface area contributed by atoms with Crippen molar-refractivity contribution in [1.29, 1.82) is 0 Å². The number of primary amides is 1. The lowest BCUT2D eigenvalue weighted by Crippen LogP contribution is -2.11. The molecule has 1 amide bonds. The smallest absolute Gasteiger partial charge is 0.244 e. The predicted octanol–water partition coefficient (Wildman–Crippen LogP) is 1.38. The molecule has 0 rings (SSSR count). The van der Waals surface area contributed by atoms with Crippen molar-refractivity contribution in [3.8, 4) is 0 Å². The van der Waals surface area contributed by atoms with E-state index in [9.17, 15) is 4.79 Å². The summed E-state index contributed by atoms with van der Waals surface area (Å²) in [5.74, 6) is -0.316. The standard InChI is InChI=1S/C7H13NO.H3N/c1-3-4-5-6(2)7(8)9;/h5H,3-4H2,1-2H3,(H2,8,9);1H3. The summed E-state index contributed by atoms with van der Waals surface area (Å²) in [6.07, 6.45) is 3.86. The molecule has 0 bridgehead atoms. The third kappa shape index (κ3) is 5.31. The van der Waals surface area contributed by atoms with Crippen molar-refractivity contribution < 1.29 is 4.79 Å². The first kappa shape index (κ1) is 11.9. The van der Waals surface area contributed by atoms with E-state index in [1.54, 1.807) is 6.92 Å². The van der Waals surface area contributed by atoms with Crippen LogP contribution in [-0.2, 0) is 4.79 Å². The average molecular weight is 144 g/mol. The maximum Gasteiger partial charge on any atom is 0.244 e. The van der Waals surface area contributed by atoms with Gasteiger partial charge >= 0.3 is 0 Å². The Morgan fingerprint density at radius 3 is 2.40 bits per heavy atom. The molecule has 0 aliphatic carbocycles. The van der Waals surface area contributed by atoms with Gasteiger partial charge in [-0.15, -0.1) is 0 Å². The molecule has 60 valence electrons. The van der Waals surface area contributed by atoms with Gasteiger partial charge in [0, 0.05) is 5.57 Å². The molecular weight excluding hydrogens is 128 g/mol. The van der Waals surface area contributed by atoms with Gasteiger partial charge in [-0.2, -0.15) is 0 Å². The Morgan fingerprint density at radius 1 is 1.60 bits per heavy atom. The highest BCUT2D eigenvalue weighted by Crippen LogP contribution is 1.95. The SMILES string of the molecule is CCCC=C(C)C(N)=O.N. The second-order valence-electron chi connectivity index (χ2n) is 2.04. The summed E-state index contributed by atoms with van der Waals surface area (Å²) in [6, 6.07) is 0. The van der Waals surface area contributed by atoms with Crippen molar-refractivity contribution in [2.45, 2.75) is 26.7 Å². The van der Waals surface area contributed by atoms with E-state index in [1.165, 1.54) is 0 Å². The molecule has 0 unspecified atom stereocenters. The molecule has 0 atom stereocenters. The zero-order valence-electron chi connectivity index (χ0n) is 6.68. The first-order valence-electron chi connectivity index (χ1n) is 3.15. The third-order valence-electron chi connectivity index (χ3n) is 1.13. The topological polar surface area (TPSA) is 78.1 Å². The number of carbonyl (C=O) groups excluding carboxylic acids is 1. The lowest BCUT2D eigenvalue weighted by atomic mass is 10.2. The van der Waals surface area contributed by atoms with Crippen LogP contribution in [0.1, 0.15) is 26.7 Å². The molecule has 0 aromatic heterocycles. The number of rotatable bonds is 3. The Morgan fingerprint density at radius 2 is 2.10 bits per heavy atom. The molecule has 0 aliphatic heterocycles. The van der Waals surface area contributed by atoms with Gasteiger partial charge in [0.25, 0.3) is 0 Å². The van der Waals surface area contributed by atoms with E-state index in [1.807, 2.05) is 6.08 Å². The van der Waals surface area contributed by atoms with E-state index < -0.39 is 0 Å². The van der Waals surface area contributed by atoms with Crippen molar-refractivity contribution in [1.82, 2.24) is 6.15 Å². The molecule has 3 nitrogen and oxygen atoms in total. The van der Waals surface area contributed by atoms with E-state index in [0.717, 1.165) is 12.8 Å². The van der Waals surface area contributed by atoms with Crippen molar-refractivity contribution in [2.24, 2.45) is 5.73 Å². The number of hydrogen-bond donors (Lipinski definition) is 2. The number of unbranched alkanes of at least 4 members (excludes halogenated alkanes) is 1. The number of amides is 1. The molecule has 0 fully saturated rings. The molecule has 0 spiro atoms. The highest BCUT2D eigenvalue weighted by Gasteiger charge is 1.93. The molecule has 0 aromatic rings. The second kappa shape index (κ2) is 6.29. The van der Waals surface area contributed by atoms with Gasteiger partial charge in [0.05, 0.1) is 0 Å². The fourth-order valence-electron chi connectivity index (χ4n) is 0.461. The molecule has 0 saturated heterocycles. The summed E-state index contributed by atoms with van der Waals surface area (Å²) in [7, 11) is 0. The zero-order chi connectivity index (χ0) is 7.28. The van der Waals surface area contributed by atoms with Crippen LogP contribution < -0.4 is 11.9 Å². The Hall–Kier alpha value is -0.830. The van der Waals surface area contributed by atoms with Gasteiger partial charge in [0.15, 0.2) is 0 Å². The Labute approximate surface area is 61.9 Å². The Balaban J connectivity index is 0. The molecular formula is C7H16N2O. The van der Waals surface area contributed by atoms with E-state index >= 15 is 0 Å². The second-order valence-corrected chi connectivity index (χ2v) is 2.04. The highest BCUT2D eigenvalue weighted by atomic mass is 16.1. The van der Waals surface area contributed by atoms with E-state index in [4.69, 9.17) is 5.73 Å². The molecule has 0 heterocycles. The van der Waals surface area contributed by atoms with Gasteiger partial charge in [-0.25, -0.2) is 0 Å². The summed E-state index contributed by atoms with van der Waals surface area (Å²) in [5, 5.41) is 0. The van der Waals surface area contributed by atoms with Crippen molar-refractivity contribution >= 4 is 5.91 Å². The highest BCUT2D eigenvalue weighted by molar-refractivity contribution is 5.91. The maximum absolute atomic E-state index is 10.4. The molecule has 0 radical (unpaired) electrons. The largest absolute Gasteiger partial charge is 0.366 e. The fraction of sp³-hybridized carbons (Fsp3) is 0.571. The fourth-order valence-corrected chi connectivity index (χ4v) is 0.461. The van der Waals surface area contributed by atoms with Crippen LogP contribution in [0.3, 0.4) is 0 Å². The first-order valence-corrected chi connectivity index (χ1v) is 3.15. The van der Waals surface area contributed by atoms with Crippen LogP contribution >= 0.6 is 0 Å². The summed E-state index contributed by atoms with van der Waals surface area (Å²) >= 11 is 0. The van der Waals surface area contributed by atoms with Gasteiger partial charge in [-0.1, -0.05) is 19.4 Å². The molecule has 5 N–H and O–H groups in total. The van der Waals surface area contributed by atoms with Gasteiger partial charge in [-0.3, -0.25) is 4.79 Å². The number of allylic oxidation sites excluding steroid dienone is 1. The van der Waals surface area contributed by atoms with Crippen LogP contribution in [-0.4, -0.2) is 5.91 Å². The zero-order valence-corrected chi connectivity index (χ0v) is 6.68. The quantitative estimate of drug-likeness (QED) is 0.587. The normalized spacial score (nSPS) is 10.4. The van der Waals surface area contributed by atoms with Crippen molar-refractivity contribution in [3.63, 3.8) is 0 Å². The minimum absolute atomic E-state index is 0. The molecule has 10 heavy (non-hydrogen) atoms. The maximum atomic E-state index is 10.4. The van der Waals surface area contributed by atoms with E-state index in [-0.39, 0.29) is 12.1 Å². The lowest BCUT2D eigenvalue weighted by Gasteiger charge is -1.90. The van der Waals surface area contributed by atoms with Gasteiger partial charge in [0.1, 0.15) is 0 Å². The number of carbonyl (C=O) groups is 1. The van der Waals surface area contributed by atoms with Crippen LogP contribution in [0.25, 0.3) is 0 Å². The van der Waals surface area contributed by atoms with Crippen molar-refractivity contribution in [3.05, 3.63) is 11.6 Å². The number of hydrogen-bond acceptors (Lipinski definition) is 2. The van der Waals surface area contributed by atoms with Gasteiger partial charge in [0.2, 0.25) is 5.91 Å². The predicted molar refractivity (Wildman–Crippen MR) is 42.9 cm³/mol. The van der Waals surface area contributed by atoms with E-state index in [0.29, 0.717) is 5.57 Å². The Kier molecular flexibility index (Phi) is 7.49. The molecule has 0 saturated carbocycles. The Bertz CT molecular complexity index is 130. The monoisotopic (exact) mass is 144 g/mol. The molecule has 0 aliphatic rings. The van der Waals surface area contributed by atoms with E-state index in [2.05, 4.69) is 6.92 Å². The summed E-state index contributed by atoms with van der Waals surface area (Å²) in [5.41, 5.74) is 5.63. The minimum Gasteiger partial charge on any atom is -0.366 e. The minimum atomic E-state index is -0.316. The van der Waals surface area contributed by atoms with Gasteiger partial charge in [-0.05, 0) is 13.3 Å². The third-order valence-corrected chi connectivity index (χ3v) is 1.13. The summed E-state index contributed by atoms with van der Waals surface area (Å²) in [6.45, 7) is 3.79. The summed E-state index contributed by atoms with van der Waals surface area (Å²) in [4.78, 5) is 10.4. The van der Waals surface area contributed by atoms with Crippen LogP contribution in [0, 0.1) is 0 Å². The summed E-state index contributed by atoms with van der Waals surface area (Å²) < 4.78 is 0. The van der Waals surface area contributed by atoms with Crippen LogP contribution in [0.15, 0.2) is 11.6 Å². The van der Waals surface area contributed by atoms with Crippen LogP contribution in [0.5, 0.6) is 0 Å². The molecule has 0 aromatic carbocycles. The number of nitrogens with two attached hydrogens (primary N) is 1. The van der Waals surface area contributed by atoms with Gasteiger partial charge < -0.3 is 11.9 Å². The average Bonchev–Trinajstić information content (AvgIpc) is 1.82.